The normalized spacial score (nSPS) is 43.4. The lowest BCUT2D eigenvalue weighted by molar-refractivity contribution is 0.219. The van der Waals surface area contributed by atoms with Crippen LogP contribution in [0.15, 0.2) is 12.2 Å². The molecule has 0 heterocycles. The van der Waals surface area contributed by atoms with Crippen molar-refractivity contribution in [2.45, 2.75) is 65.7 Å². The van der Waals surface area contributed by atoms with Crippen LogP contribution in [-0.2, 0) is 0 Å². The van der Waals surface area contributed by atoms with E-state index in [4.69, 9.17) is 0 Å². The molecule has 2 aliphatic rings. The first kappa shape index (κ1) is 13.2. The highest BCUT2D eigenvalue weighted by Crippen LogP contribution is 2.46. The van der Waals surface area contributed by atoms with E-state index in [0.29, 0.717) is 0 Å². The predicted molar refractivity (Wildman–Crippen MR) is 75.9 cm³/mol. The van der Waals surface area contributed by atoms with Gasteiger partial charge in [-0.1, -0.05) is 51.7 Å². The molecular formula is C17H30. The van der Waals surface area contributed by atoms with E-state index >= 15 is 0 Å². The van der Waals surface area contributed by atoms with Gasteiger partial charge >= 0.3 is 0 Å². The molecule has 0 amide bonds. The van der Waals surface area contributed by atoms with Gasteiger partial charge in [0.25, 0.3) is 0 Å². The van der Waals surface area contributed by atoms with Gasteiger partial charge < -0.3 is 0 Å². The quantitative estimate of drug-likeness (QED) is 0.530. The lowest BCUT2D eigenvalue weighted by atomic mass is 9.73. The Morgan fingerprint density at radius 2 is 1.65 bits per heavy atom. The Morgan fingerprint density at radius 3 is 2.35 bits per heavy atom. The number of allylic oxidation sites excluding steroid dienone is 1. The molecule has 0 spiro atoms. The fourth-order valence-corrected chi connectivity index (χ4v) is 4.28. The molecule has 2 fully saturated rings. The summed E-state index contributed by atoms with van der Waals surface area (Å²) in [6.45, 7) is 11.5. The molecule has 0 aliphatic heterocycles. The Kier molecular flexibility index (Phi) is 4.33. The Hall–Kier alpha value is -0.260. The maximum atomic E-state index is 4.29. The minimum absolute atomic E-state index is 0.829. The standard InChI is InChI=1S/C17H30/c1-12(2)16-8-6-5-7-15-10-9-13(3)14(4)11-17(15)16/h13-17H,1,5-11H2,2-4H3. The van der Waals surface area contributed by atoms with Crippen LogP contribution in [0.25, 0.3) is 0 Å². The molecule has 2 rings (SSSR count). The average molecular weight is 234 g/mol. The lowest BCUT2D eigenvalue weighted by Gasteiger charge is -2.32. The summed E-state index contributed by atoms with van der Waals surface area (Å²) in [5.41, 5.74) is 1.46. The van der Waals surface area contributed by atoms with E-state index in [1.807, 2.05) is 0 Å². The zero-order chi connectivity index (χ0) is 12.4. The summed E-state index contributed by atoms with van der Waals surface area (Å²) in [6, 6.07) is 0. The van der Waals surface area contributed by atoms with Crippen LogP contribution >= 0.6 is 0 Å². The van der Waals surface area contributed by atoms with Gasteiger partial charge in [-0.25, -0.2) is 0 Å². The van der Waals surface area contributed by atoms with E-state index in [9.17, 15) is 0 Å². The van der Waals surface area contributed by atoms with E-state index < -0.39 is 0 Å². The van der Waals surface area contributed by atoms with Crippen LogP contribution in [0.2, 0.25) is 0 Å². The second-order valence-electron chi connectivity index (χ2n) is 6.93. The zero-order valence-electron chi connectivity index (χ0n) is 12.0. The second-order valence-corrected chi connectivity index (χ2v) is 6.93. The summed E-state index contributed by atoms with van der Waals surface area (Å²) >= 11 is 0. The van der Waals surface area contributed by atoms with E-state index in [0.717, 1.165) is 29.6 Å². The molecule has 0 aromatic heterocycles. The van der Waals surface area contributed by atoms with E-state index in [1.165, 1.54) is 50.5 Å². The zero-order valence-corrected chi connectivity index (χ0v) is 12.0. The molecule has 0 aromatic carbocycles. The van der Waals surface area contributed by atoms with E-state index in [-0.39, 0.29) is 0 Å². The van der Waals surface area contributed by atoms with Crippen LogP contribution in [0.3, 0.4) is 0 Å². The molecule has 17 heavy (non-hydrogen) atoms. The van der Waals surface area contributed by atoms with Gasteiger partial charge in [0.05, 0.1) is 0 Å². The minimum Gasteiger partial charge on any atom is -0.0999 e. The third kappa shape index (κ3) is 2.95. The molecule has 0 bridgehead atoms. The summed E-state index contributed by atoms with van der Waals surface area (Å²) in [5.74, 6) is 4.65. The highest BCUT2D eigenvalue weighted by atomic mass is 14.4. The Labute approximate surface area is 108 Å². The predicted octanol–water partition coefficient (Wildman–Crippen LogP) is 5.44. The van der Waals surface area contributed by atoms with Crippen molar-refractivity contribution in [1.82, 2.24) is 0 Å². The number of rotatable bonds is 1. The molecular weight excluding hydrogens is 204 g/mol. The summed E-state index contributed by atoms with van der Waals surface area (Å²) < 4.78 is 0. The number of fused-ring (bicyclic) bond motifs is 1. The molecule has 2 saturated carbocycles. The van der Waals surface area contributed by atoms with Crippen LogP contribution in [-0.4, -0.2) is 0 Å². The summed E-state index contributed by atoms with van der Waals surface area (Å²) in [7, 11) is 0. The van der Waals surface area contributed by atoms with Crippen molar-refractivity contribution in [3.05, 3.63) is 12.2 Å². The van der Waals surface area contributed by atoms with E-state index in [2.05, 4.69) is 27.4 Å². The average Bonchev–Trinajstić information content (AvgIpc) is 2.54. The van der Waals surface area contributed by atoms with Gasteiger partial charge in [0, 0.05) is 0 Å². The summed E-state index contributed by atoms with van der Waals surface area (Å²) in [6.07, 6.45) is 10.2. The second kappa shape index (κ2) is 5.59. The molecule has 98 valence electrons. The van der Waals surface area contributed by atoms with Gasteiger partial charge in [0.2, 0.25) is 0 Å². The maximum absolute atomic E-state index is 4.29. The van der Waals surface area contributed by atoms with Gasteiger partial charge in [-0.15, -0.1) is 0 Å². The lowest BCUT2D eigenvalue weighted by Crippen LogP contribution is -2.23. The third-order valence-corrected chi connectivity index (χ3v) is 5.70. The molecule has 0 heteroatoms. The molecule has 5 unspecified atom stereocenters. The fourth-order valence-electron chi connectivity index (χ4n) is 4.28. The Morgan fingerprint density at radius 1 is 0.941 bits per heavy atom. The van der Waals surface area contributed by atoms with Crippen molar-refractivity contribution in [1.29, 1.82) is 0 Å². The van der Waals surface area contributed by atoms with Crippen molar-refractivity contribution >= 4 is 0 Å². The SMILES string of the molecule is C=C(C)C1CCCCC2CCC(C)C(C)CC21. The maximum Gasteiger partial charge on any atom is -0.0178 e. The first-order valence-corrected chi connectivity index (χ1v) is 7.75. The molecule has 2 aliphatic carbocycles. The van der Waals surface area contributed by atoms with Crippen molar-refractivity contribution in [3.8, 4) is 0 Å². The molecule has 0 nitrogen and oxygen atoms in total. The van der Waals surface area contributed by atoms with Crippen molar-refractivity contribution in [2.24, 2.45) is 29.6 Å². The third-order valence-electron chi connectivity index (χ3n) is 5.70. The summed E-state index contributed by atoms with van der Waals surface area (Å²) in [4.78, 5) is 0. The van der Waals surface area contributed by atoms with Crippen molar-refractivity contribution in [3.63, 3.8) is 0 Å². The van der Waals surface area contributed by atoms with Gasteiger partial charge in [-0.05, 0) is 55.8 Å². The minimum atomic E-state index is 0.829. The Balaban J connectivity index is 2.17. The van der Waals surface area contributed by atoms with Crippen molar-refractivity contribution in [2.75, 3.05) is 0 Å². The highest BCUT2D eigenvalue weighted by Gasteiger charge is 2.36. The van der Waals surface area contributed by atoms with Crippen LogP contribution in [0, 0.1) is 29.6 Å². The number of hydrogen-bond donors (Lipinski definition) is 0. The summed E-state index contributed by atoms with van der Waals surface area (Å²) in [5, 5.41) is 0. The van der Waals surface area contributed by atoms with Gasteiger partial charge in [0.15, 0.2) is 0 Å². The molecule has 5 atom stereocenters. The van der Waals surface area contributed by atoms with Crippen LogP contribution in [0.4, 0.5) is 0 Å². The number of hydrogen-bond acceptors (Lipinski definition) is 0. The van der Waals surface area contributed by atoms with Gasteiger partial charge in [0.1, 0.15) is 0 Å². The first-order valence-electron chi connectivity index (χ1n) is 7.75. The molecule has 0 radical (unpaired) electrons. The molecule has 0 N–H and O–H groups in total. The first-order chi connectivity index (χ1) is 8.09. The van der Waals surface area contributed by atoms with Crippen LogP contribution in [0.5, 0.6) is 0 Å². The monoisotopic (exact) mass is 234 g/mol. The largest absolute Gasteiger partial charge is 0.0999 e. The van der Waals surface area contributed by atoms with Crippen LogP contribution in [0.1, 0.15) is 65.7 Å². The smallest absolute Gasteiger partial charge is 0.0178 e. The fraction of sp³-hybridized carbons (Fsp3) is 0.882. The van der Waals surface area contributed by atoms with E-state index in [1.54, 1.807) is 0 Å². The molecule has 0 saturated heterocycles. The highest BCUT2D eigenvalue weighted by molar-refractivity contribution is 5.02. The van der Waals surface area contributed by atoms with Gasteiger partial charge in [-0.2, -0.15) is 0 Å². The Bertz CT molecular complexity index is 265. The topological polar surface area (TPSA) is 0 Å². The van der Waals surface area contributed by atoms with Crippen molar-refractivity contribution < 1.29 is 0 Å². The van der Waals surface area contributed by atoms with Gasteiger partial charge in [-0.3, -0.25) is 0 Å². The van der Waals surface area contributed by atoms with Crippen LogP contribution < -0.4 is 0 Å². The molecule has 0 aromatic rings.